The number of carbonyl (C=O) groups is 2. The Labute approximate surface area is 182 Å². The van der Waals surface area contributed by atoms with E-state index in [2.05, 4.69) is 16.7 Å². The lowest BCUT2D eigenvalue weighted by Crippen LogP contribution is -2.46. The van der Waals surface area contributed by atoms with E-state index in [4.69, 9.17) is 4.74 Å². The van der Waals surface area contributed by atoms with E-state index in [0.717, 1.165) is 40.8 Å². The summed E-state index contributed by atoms with van der Waals surface area (Å²) in [4.78, 5) is 26.4. The molecule has 0 aliphatic carbocycles. The molecule has 1 fully saturated rings. The Morgan fingerprint density at radius 1 is 1.29 bits per heavy atom. The molecule has 0 aromatic heterocycles. The van der Waals surface area contributed by atoms with Crippen LogP contribution in [0.3, 0.4) is 0 Å². The average Bonchev–Trinajstić information content (AvgIpc) is 2.96. The lowest BCUT2D eigenvalue weighted by molar-refractivity contribution is -0.132. The number of nitriles is 1. The van der Waals surface area contributed by atoms with Gasteiger partial charge in [0.25, 0.3) is 11.8 Å². The fourth-order valence-electron chi connectivity index (χ4n) is 3.97. The van der Waals surface area contributed by atoms with E-state index in [1.54, 1.807) is 11.9 Å². The van der Waals surface area contributed by atoms with Gasteiger partial charge in [0.2, 0.25) is 0 Å². The number of ether oxygens (including phenoxy) is 1. The minimum atomic E-state index is -0.627. The standard InChI is InChI=1S/C24H26N4O3/c1-28-15-19-8-7-18(12-21(19)24(28)30)17-5-3-16(4-6-17)11-20(13-25)27-23(29)22-14-26-9-2-10-31-22/h3-8,12,20,22,26H,2,9-11,14-15H2,1H3,(H,27,29)/t20-,22+/m0/s1. The normalized spacial score (nSPS) is 19.3. The van der Waals surface area contributed by atoms with Crippen molar-refractivity contribution in [1.29, 1.82) is 5.26 Å². The molecule has 4 rings (SSSR count). The van der Waals surface area contributed by atoms with Gasteiger partial charge in [-0.25, -0.2) is 0 Å². The number of nitrogens with one attached hydrogen (secondary N) is 2. The van der Waals surface area contributed by atoms with Gasteiger partial charge in [0, 0.05) is 38.7 Å². The van der Waals surface area contributed by atoms with E-state index in [-0.39, 0.29) is 11.8 Å². The Bertz CT molecular complexity index is 1000. The highest BCUT2D eigenvalue weighted by atomic mass is 16.5. The molecular formula is C24H26N4O3. The molecule has 0 bridgehead atoms. The third kappa shape index (κ3) is 4.76. The van der Waals surface area contributed by atoms with Gasteiger partial charge < -0.3 is 20.3 Å². The minimum absolute atomic E-state index is 0.0499. The molecule has 1 saturated heterocycles. The number of rotatable bonds is 5. The highest BCUT2D eigenvalue weighted by molar-refractivity contribution is 5.99. The number of hydrogen-bond acceptors (Lipinski definition) is 5. The monoisotopic (exact) mass is 418 g/mol. The first-order valence-corrected chi connectivity index (χ1v) is 10.5. The van der Waals surface area contributed by atoms with Crippen LogP contribution in [0.2, 0.25) is 0 Å². The molecule has 31 heavy (non-hydrogen) atoms. The van der Waals surface area contributed by atoms with Gasteiger partial charge in [-0.05, 0) is 41.3 Å². The summed E-state index contributed by atoms with van der Waals surface area (Å²) in [6, 6.07) is 15.4. The predicted octanol–water partition coefficient (Wildman–Crippen LogP) is 1.87. The summed E-state index contributed by atoms with van der Waals surface area (Å²) >= 11 is 0. The summed E-state index contributed by atoms with van der Waals surface area (Å²) < 4.78 is 5.56. The van der Waals surface area contributed by atoms with Gasteiger partial charge in [-0.3, -0.25) is 9.59 Å². The van der Waals surface area contributed by atoms with E-state index in [0.29, 0.717) is 26.1 Å². The molecule has 2 aliphatic rings. The molecule has 7 heteroatoms. The molecule has 7 nitrogen and oxygen atoms in total. The Hall–Kier alpha value is -3.21. The van der Waals surface area contributed by atoms with Crippen LogP contribution in [-0.2, 0) is 22.5 Å². The number of benzene rings is 2. The third-order valence-electron chi connectivity index (χ3n) is 5.73. The Morgan fingerprint density at radius 3 is 2.84 bits per heavy atom. The van der Waals surface area contributed by atoms with Crippen molar-refractivity contribution >= 4 is 11.8 Å². The van der Waals surface area contributed by atoms with Crippen molar-refractivity contribution in [2.45, 2.75) is 31.5 Å². The molecule has 0 spiro atoms. The van der Waals surface area contributed by atoms with E-state index in [9.17, 15) is 14.9 Å². The average molecular weight is 418 g/mol. The van der Waals surface area contributed by atoms with Crippen molar-refractivity contribution in [2.24, 2.45) is 0 Å². The van der Waals surface area contributed by atoms with Gasteiger partial charge in [0.15, 0.2) is 0 Å². The second-order valence-corrected chi connectivity index (χ2v) is 8.04. The lowest BCUT2D eigenvalue weighted by atomic mass is 9.98. The van der Waals surface area contributed by atoms with Crippen LogP contribution in [0.4, 0.5) is 0 Å². The lowest BCUT2D eigenvalue weighted by Gasteiger charge is -2.18. The molecule has 2 N–H and O–H groups in total. The quantitative estimate of drug-likeness (QED) is 0.773. The number of carbonyl (C=O) groups excluding carboxylic acids is 2. The topological polar surface area (TPSA) is 94.5 Å². The molecule has 2 heterocycles. The van der Waals surface area contributed by atoms with Crippen LogP contribution in [-0.4, -0.2) is 55.6 Å². The molecule has 0 unspecified atom stereocenters. The van der Waals surface area contributed by atoms with Crippen LogP contribution >= 0.6 is 0 Å². The maximum Gasteiger partial charge on any atom is 0.254 e. The predicted molar refractivity (Wildman–Crippen MR) is 116 cm³/mol. The Balaban J connectivity index is 1.40. The van der Waals surface area contributed by atoms with Crippen molar-refractivity contribution in [1.82, 2.24) is 15.5 Å². The van der Waals surface area contributed by atoms with E-state index < -0.39 is 12.1 Å². The molecule has 2 atom stereocenters. The molecule has 2 aliphatic heterocycles. The fraction of sp³-hybridized carbons (Fsp3) is 0.375. The first-order chi connectivity index (χ1) is 15.0. The van der Waals surface area contributed by atoms with Crippen molar-refractivity contribution in [3.63, 3.8) is 0 Å². The van der Waals surface area contributed by atoms with E-state index in [1.165, 1.54) is 0 Å². The van der Waals surface area contributed by atoms with Crippen LogP contribution in [0, 0.1) is 11.3 Å². The second-order valence-electron chi connectivity index (χ2n) is 8.04. The Kier molecular flexibility index (Phi) is 6.31. The summed E-state index contributed by atoms with van der Waals surface area (Å²) in [5, 5.41) is 15.5. The first kappa shape index (κ1) is 21.0. The number of amides is 2. The van der Waals surface area contributed by atoms with E-state index >= 15 is 0 Å². The SMILES string of the molecule is CN1Cc2ccc(-c3ccc(C[C@@H](C#N)NC(=O)[C@H]4CNCCCO4)cc3)cc2C1=O. The zero-order valence-electron chi connectivity index (χ0n) is 17.6. The Morgan fingerprint density at radius 2 is 2.06 bits per heavy atom. The van der Waals surface area contributed by atoms with Gasteiger partial charge >= 0.3 is 0 Å². The number of nitrogens with zero attached hydrogens (tertiary/aromatic N) is 2. The molecule has 0 saturated carbocycles. The van der Waals surface area contributed by atoms with Crippen LogP contribution < -0.4 is 10.6 Å². The fourth-order valence-corrected chi connectivity index (χ4v) is 3.97. The van der Waals surface area contributed by atoms with Crippen LogP contribution in [0.5, 0.6) is 0 Å². The smallest absolute Gasteiger partial charge is 0.254 e. The minimum Gasteiger partial charge on any atom is -0.367 e. The molecule has 2 aromatic carbocycles. The van der Waals surface area contributed by atoms with Gasteiger partial charge in [-0.1, -0.05) is 36.4 Å². The molecule has 0 radical (unpaired) electrons. The van der Waals surface area contributed by atoms with Crippen LogP contribution in [0.25, 0.3) is 11.1 Å². The van der Waals surface area contributed by atoms with Crippen LogP contribution in [0.1, 0.15) is 27.9 Å². The van der Waals surface area contributed by atoms with Crippen molar-refractivity contribution in [3.05, 3.63) is 59.2 Å². The van der Waals surface area contributed by atoms with Crippen molar-refractivity contribution in [3.8, 4) is 17.2 Å². The van der Waals surface area contributed by atoms with E-state index in [1.807, 2.05) is 42.5 Å². The highest BCUT2D eigenvalue weighted by Crippen LogP contribution is 2.28. The summed E-state index contributed by atoms with van der Waals surface area (Å²) in [7, 11) is 1.81. The zero-order valence-corrected chi connectivity index (χ0v) is 17.6. The van der Waals surface area contributed by atoms with Gasteiger partial charge in [-0.15, -0.1) is 0 Å². The number of fused-ring (bicyclic) bond motifs is 1. The van der Waals surface area contributed by atoms with Crippen molar-refractivity contribution in [2.75, 3.05) is 26.7 Å². The summed E-state index contributed by atoms with van der Waals surface area (Å²) in [5.74, 6) is -0.209. The maximum absolute atomic E-state index is 12.4. The molecule has 160 valence electrons. The van der Waals surface area contributed by atoms with Gasteiger partial charge in [0.05, 0.1) is 6.07 Å². The van der Waals surface area contributed by atoms with Crippen LogP contribution in [0.15, 0.2) is 42.5 Å². The molecule has 2 amide bonds. The molecular weight excluding hydrogens is 392 g/mol. The zero-order chi connectivity index (χ0) is 21.8. The largest absolute Gasteiger partial charge is 0.367 e. The van der Waals surface area contributed by atoms with Gasteiger partial charge in [0.1, 0.15) is 12.1 Å². The van der Waals surface area contributed by atoms with Gasteiger partial charge in [-0.2, -0.15) is 5.26 Å². The summed E-state index contributed by atoms with van der Waals surface area (Å²) in [6.45, 7) is 2.47. The third-order valence-corrected chi connectivity index (χ3v) is 5.73. The first-order valence-electron chi connectivity index (χ1n) is 10.5. The van der Waals surface area contributed by atoms with Crippen molar-refractivity contribution < 1.29 is 14.3 Å². The molecule has 2 aromatic rings. The summed E-state index contributed by atoms with van der Waals surface area (Å²) in [6.07, 6.45) is 0.713. The second kappa shape index (κ2) is 9.29. The maximum atomic E-state index is 12.4. The summed E-state index contributed by atoms with van der Waals surface area (Å²) in [5.41, 5.74) is 4.74. The number of hydrogen-bond donors (Lipinski definition) is 2. The highest BCUT2D eigenvalue weighted by Gasteiger charge is 2.25.